The average molecular weight is 548 g/mol. The summed E-state index contributed by atoms with van der Waals surface area (Å²) in [6, 6.07) is 18.0. The first kappa shape index (κ1) is 26.8. The van der Waals surface area contributed by atoms with Gasteiger partial charge < -0.3 is 14.2 Å². The van der Waals surface area contributed by atoms with Gasteiger partial charge in [-0.3, -0.25) is 0 Å². The molecule has 1 heterocycles. The molecule has 1 aromatic heterocycles. The molecule has 1 unspecified atom stereocenters. The van der Waals surface area contributed by atoms with Crippen molar-refractivity contribution in [1.29, 1.82) is 0 Å². The highest BCUT2D eigenvalue weighted by Gasteiger charge is 2.23. The number of carbonyl (C=O) groups is 1. The summed E-state index contributed by atoms with van der Waals surface area (Å²) in [5, 5.41) is 3.48. The minimum absolute atomic E-state index is 0.0827. The predicted octanol–water partition coefficient (Wildman–Crippen LogP) is 5.83. The highest BCUT2D eigenvalue weighted by molar-refractivity contribution is 6.32. The van der Waals surface area contributed by atoms with Gasteiger partial charge in [-0.05, 0) is 49.7 Å². The number of esters is 1. The standard InChI is InChI=1S/C26H21ClF3N3O5/c1-15(24(34)36-14-17-7-6-10-19(11-17)38-18-8-4-3-5-9-18)37-23-13-22(21(28)12-20(23)27)33-26(35)32(25(29)30)16(2)31-33/h3-13,15,25H,14H2,1-2H3. The number of aromatic nitrogens is 3. The van der Waals surface area contributed by atoms with Crippen molar-refractivity contribution in [3.05, 3.63) is 99.4 Å². The molecule has 0 aliphatic rings. The first-order valence-electron chi connectivity index (χ1n) is 11.2. The molecule has 0 spiro atoms. The lowest BCUT2D eigenvalue weighted by Gasteiger charge is -2.16. The van der Waals surface area contributed by atoms with E-state index in [1.165, 1.54) is 13.8 Å². The molecule has 0 saturated heterocycles. The third-order valence-corrected chi connectivity index (χ3v) is 5.59. The fourth-order valence-corrected chi connectivity index (χ4v) is 3.66. The Bertz CT molecular complexity index is 1510. The van der Waals surface area contributed by atoms with Crippen molar-refractivity contribution in [3.63, 3.8) is 0 Å². The van der Waals surface area contributed by atoms with Crippen LogP contribution in [0.4, 0.5) is 13.2 Å². The average Bonchev–Trinajstić information content (AvgIpc) is 3.18. The monoisotopic (exact) mass is 547 g/mol. The Hall–Kier alpha value is -4.25. The molecule has 0 fully saturated rings. The van der Waals surface area contributed by atoms with Crippen molar-refractivity contribution in [2.75, 3.05) is 0 Å². The summed E-state index contributed by atoms with van der Waals surface area (Å²) in [6.07, 6.45) is -1.19. The van der Waals surface area contributed by atoms with Gasteiger partial charge in [0.2, 0.25) is 0 Å². The Morgan fingerprint density at radius 1 is 1.05 bits per heavy atom. The van der Waals surface area contributed by atoms with E-state index in [1.54, 1.807) is 36.4 Å². The SMILES string of the molecule is Cc1nn(-c2cc(OC(C)C(=O)OCc3cccc(Oc4ccccc4)c3)c(Cl)cc2F)c(=O)n1C(F)F. The van der Waals surface area contributed by atoms with Crippen molar-refractivity contribution >= 4 is 17.6 Å². The Balaban J connectivity index is 1.45. The van der Waals surface area contributed by atoms with E-state index in [-0.39, 0.29) is 27.8 Å². The molecule has 0 amide bonds. The fraction of sp³-hybridized carbons (Fsp3) is 0.192. The van der Waals surface area contributed by atoms with Gasteiger partial charge >= 0.3 is 18.2 Å². The molecule has 8 nitrogen and oxygen atoms in total. The lowest BCUT2D eigenvalue weighted by Crippen LogP contribution is -2.27. The zero-order valence-electron chi connectivity index (χ0n) is 20.1. The second kappa shape index (κ2) is 11.4. The lowest BCUT2D eigenvalue weighted by atomic mass is 10.2. The molecule has 0 N–H and O–H groups in total. The van der Waals surface area contributed by atoms with E-state index in [0.717, 1.165) is 12.1 Å². The second-order valence-corrected chi connectivity index (χ2v) is 8.46. The number of hydrogen-bond acceptors (Lipinski definition) is 6. The molecule has 0 saturated carbocycles. The molecule has 198 valence electrons. The van der Waals surface area contributed by atoms with Crippen molar-refractivity contribution in [3.8, 4) is 22.9 Å². The molecule has 0 aliphatic heterocycles. The number of hydrogen-bond donors (Lipinski definition) is 0. The van der Waals surface area contributed by atoms with Gasteiger partial charge in [-0.25, -0.2) is 18.5 Å². The molecule has 3 aromatic carbocycles. The predicted molar refractivity (Wildman–Crippen MR) is 132 cm³/mol. The summed E-state index contributed by atoms with van der Waals surface area (Å²) >= 11 is 6.06. The number of benzene rings is 3. The zero-order valence-corrected chi connectivity index (χ0v) is 20.9. The Morgan fingerprint density at radius 3 is 2.45 bits per heavy atom. The molecule has 4 aromatic rings. The van der Waals surface area contributed by atoms with Crippen LogP contribution < -0.4 is 15.2 Å². The second-order valence-electron chi connectivity index (χ2n) is 8.05. The van der Waals surface area contributed by atoms with Crippen LogP contribution in [-0.2, 0) is 16.1 Å². The van der Waals surface area contributed by atoms with E-state index in [9.17, 15) is 22.8 Å². The van der Waals surface area contributed by atoms with Crippen LogP contribution in [0.25, 0.3) is 5.69 Å². The molecule has 1 atom stereocenters. The first-order chi connectivity index (χ1) is 18.1. The molecule has 0 aliphatic carbocycles. The summed E-state index contributed by atoms with van der Waals surface area (Å²) in [6.45, 7) is -0.682. The summed E-state index contributed by atoms with van der Waals surface area (Å²) in [4.78, 5) is 24.9. The molecule has 12 heteroatoms. The molecule has 0 bridgehead atoms. The quantitative estimate of drug-likeness (QED) is 0.245. The minimum Gasteiger partial charge on any atom is -0.477 e. The van der Waals surface area contributed by atoms with Crippen LogP contribution in [0.3, 0.4) is 0 Å². The van der Waals surface area contributed by atoms with E-state index in [1.807, 2.05) is 18.2 Å². The van der Waals surface area contributed by atoms with E-state index >= 15 is 0 Å². The van der Waals surface area contributed by atoms with Gasteiger partial charge in [0.1, 0.15) is 35.4 Å². The third kappa shape index (κ3) is 6.00. The van der Waals surface area contributed by atoms with E-state index in [2.05, 4.69) is 5.10 Å². The van der Waals surface area contributed by atoms with Crippen LogP contribution >= 0.6 is 11.6 Å². The lowest BCUT2D eigenvalue weighted by molar-refractivity contribution is -0.152. The van der Waals surface area contributed by atoms with Crippen molar-refractivity contribution in [2.24, 2.45) is 0 Å². The van der Waals surface area contributed by atoms with Gasteiger partial charge in [0.15, 0.2) is 11.9 Å². The molecule has 0 radical (unpaired) electrons. The largest absolute Gasteiger partial charge is 0.477 e. The van der Waals surface area contributed by atoms with E-state index in [0.29, 0.717) is 21.7 Å². The maximum Gasteiger partial charge on any atom is 0.355 e. The summed E-state index contributed by atoms with van der Waals surface area (Å²) in [5.41, 5.74) is -1.08. The third-order valence-electron chi connectivity index (χ3n) is 5.30. The number of ether oxygens (including phenoxy) is 3. The van der Waals surface area contributed by atoms with Crippen LogP contribution in [0.2, 0.25) is 5.02 Å². The van der Waals surface area contributed by atoms with Crippen LogP contribution in [0.15, 0.2) is 71.5 Å². The highest BCUT2D eigenvalue weighted by atomic mass is 35.5. The summed E-state index contributed by atoms with van der Waals surface area (Å²) < 4.78 is 58.1. The number of para-hydroxylation sites is 1. The van der Waals surface area contributed by atoms with Crippen molar-refractivity contribution in [1.82, 2.24) is 14.3 Å². The summed E-state index contributed by atoms with van der Waals surface area (Å²) in [5.74, 6) is -1.05. The van der Waals surface area contributed by atoms with Crippen LogP contribution in [0.1, 0.15) is 24.9 Å². The Morgan fingerprint density at radius 2 is 1.76 bits per heavy atom. The molecule has 38 heavy (non-hydrogen) atoms. The number of halogens is 4. The number of carbonyl (C=O) groups excluding carboxylic acids is 1. The van der Waals surface area contributed by atoms with Gasteiger partial charge in [-0.1, -0.05) is 41.9 Å². The van der Waals surface area contributed by atoms with Crippen LogP contribution in [0.5, 0.6) is 17.2 Å². The Labute approximate surface area is 219 Å². The number of aryl methyl sites for hydroxylation is 1. The van der Waals surface area contributed by atoms with Crippen LogP contribution in [0, 0.1) is 12.7 Å². The molecular weight excluding hydrogens is 527 g/mol. The maximum absolute atomic E-state index is 14.6. The maximum atomic E-state index is 14.6. The fourth-order valence-electron chi connectivity index (χ4n) is 3.46. The first-order valence-corrected chi connectivity index (χ1v) is 11.6. The van der Waals surface area contributed by atoms with Gasteiger partial charge in [0, 0.05) is 6.07 Å². The molecule has 4 rings (SSSR count). The minimum atomic E-state index is -3.16. The van der Waals surface area contributed by atoms with Crippen molar-refractivity contribution in [2.45, 2.75) is 33.1 Å². The van der Waals surface area contributed by atoms with E-state index < -0.39 is 35.8 Å². The zero-order chi connectivity index (χ0) is 27.4. The number of rotatable bonds is 9. The van der Waals surface area contributed by atoms with E-state index in [4.69, 9.17) is 25.8 Å². The van der Waals surface area contributed by atoms with Crippen molar-refractivity contribution < 1.29 is 32.2 Å². The number of alkyl halides is 2. The normalized spacial score (nSPS) is 11.9. The number of nitrogens with zero attached hydrogens (tertiary/aromatic N) is 3. The topological polar surface area (TPSA) is 84.6 Å². The molecular formula is C26H21ClF3N3O5. The summed E-state index contributed by atoms with van der Waals surface area (Å²) in [7, 11) is 0. The Kier molecular flexibility index (Phi) is 8.06. The van der Waals surface area contributed by atoms with Crippen LogP contribution in [-0.4, -0.2) is 26.4 Å². The van der Waals surface area contributed by atoms with Gasteiger partial charge in [0.05, 0.1) is 5.02 Å². The van der Waals surface area contributed by atoms with Gasteiger partial charge in [0.25, 0.3) is 0 Å². The highest BCUT2D eigenvalue weighted by Crippen LogP contribution is 2.30. The smallest absolute Gasteiger partial charge is 0.355 e. The van der Waals surface area contributed by atoms with Gasteiger partial charge in [-0.15, -0.1) is 5.10 Å². The van der Waals surface area contributed by atoms with Gasteiger partial charge in [-0.2, -0.15) is 13.5 Å².